The molecule has 2 heterocycles. The number of nitrogens with one attached hydrogen (secondary N) is 1. The van der Waals surface area contributed by atoms with Crippen LogP contribution < -0.4 is 10.1 Å². The lowest BCUT2D eigenvalue weighted by Gasteiger charge is -2.08. The number of carbonyl (C=O) groups excluding carboxylic acids is 1. The molecule has 1 amide bonds. The number of nitrogens with zero attached hydrogens (tertiary/aromatic N) is 3. The van der Waals surface area contributed by atoms with E-state index in [1.54, 1.807) is 19.4 Å². The summed E-state index contributed by atoms with van der Waals surface area (Å²) < 4.78 is 7.03. The van der Waals surface area contributed by atoms with Gasteiger partial charge in [-0.1, -0.05) is 0 Å². The molecular formula is C14H12N4O2. The Morgan fingerprint density at radius 3 is 3.05 bits per heavy atom. The Labute approximate surface area is 115 Å². The summed E-state index contributed by atoms with van der Waals surface area (Å²) in [6.45, 7) is 0. The highest BCUT2D eigenvalue weighted by Crippen LogP contribution is 2.29. The Morgan fingerprint density at radius 2 is 2.30 bits per heavy atom. The van der Waals surface area contributed by atoms with Gasteiger partial charge in [-0.25, -0.2) is 9.97 Å². The van der Waals surface area contributed by atoms with Crippen LogP contribution in [-0.4, -0.2) is 27.9 Å². The van der Waals surface area contributed by atoms with Gasteiger partial charge >= 0.3 is 0 Å². The van der Waals surface area contributed by atoms with Gasteiger partial charge in [0.05, 0.1) is 18.5 Å². The molecule has 0 aliphatic rings. The van der Waals surface area contributed by atoms with Gasteiger partial charge in [-0.05, 0) is 24.3 Å². The van der Waals surface area contributed by atoms with Gasteiger partial charge in [0, 0.05) is 24.2 Å². The number of hydrogen-bond acceptors (Lipinski definition) is 4. The lowest BCUT2D eigenvalue weighted by molar-refractivity contribution is -0.105. The Balaban J connectivity index is 2.08. The minimum absolute atomic E-state index is 0.600. The maximum absolute atomic E-state index is 10.6. The second-order valence-electron chi connectivity index (χ2n) is 4.13. The molecule has 0 aliphatic carbocycles. The predicted octanol–water partition coefficient (Wildman–Crippen LogP) is 1.97. The molecule has 3 aromatic rings. The van der Waals surface area contributed by atoms with Crippen molar-refractivity contribution >= 4 is 17.9 Å². The third kappa shape index (κ3) is 2.07. The summed E-state index contributed by atoms with van der Waals surface area (Å²) in [5, 5.41) is 2.62. The number of fused-ring (bicyclic) bond motifs is 1. The van der Waals surface area contributed by atoms with Crippen LogP contribution in [0.25, 0.3) is 17.0 Å². The monoisotopic (exact) mass is 268 g/mol. The number of hydrogen-bond donors (Lipinski definition) is 1. The second kappa shape index (κ2) is 5.00. The molecule has 0 saturated carbocycles. The van der Waals surface area contributed by atoms with Crippen molar-refractivity contribution in [2.75, 3.05) is 12.4 Å². The van der Waals surface area contributed by atoms with E-state index >= 15 is 0 Å². The van der Waals surface area contributed by atoms with Gasteiger partial charge < -0.3 is 10.1 Å². The fourth-order valence-electron chi connectivity index (χ4n) is 2.01. The van der Waals surface area contributed by atoms with Crippen LogP contribution in [0, 0.1) is 0 Å². The van der Waals surface area contributed by atoms with Gasteiger partial charge in [0.25, 0.3) is 0 Å². The van der Waals surface area contributed by atoms with Crippen molar-refractivity contribution in [1.82, 2.24) is 14.4 Å². The van der Waals surface area contributed by atoms with Crippen molar-refractivity contribution in [1.29, 1.82) is 0 Å². The first-order chi connectivity index (χ1) is 9.81. The average Bonchev–Trinajstić information content (AvgIpc) is 2.91. The molecule has 0 unspecified atom stereocenters. The molecule has 0 spiro atoms. The van der Waals surface area contributed by atoms with E-state index in [2.05, 4.69) is 15.3 Å². The van der Waals surface area contributed by atoms with Crippen LogP contribution in [0.1, 0.15) is 0 Å². The number of carbonyl (C=O) groups is 1. The summed E-state index contributed by atoms with van der Waals surface area (Å²) in [5.74, 6) is 1.23. The van der Waals surface area contributed by atoms with Crippen LogP contribution in [0.15, 0.2) is 42.9 Å². The van der Waals surface area contributed by atoms with Gasteiger partial charge in [0.15, 0.2) is 0 Å². The van der Waals surface area contributed by atoms with Gasteiger partial charge in [-0.3, -0.25) is 9.20 Å². The standard InChI is InChI=1S/C14H12N4O2/c1-20-13-4-3-10(7-11(13)16-9-19)12-8-18-6-2-5-15-14(18)17-12/h2-9H,1H3,(H,16,19). The van der Waals surface area contributed by atoms with Crippen molar-refractivity contribution in [3.8, 4) is 17.0 Å². The van der Waals surface area contributed by atoms with E-state index in [-0.39, 0.29) is 0 Å². The highest BCUT2D eigenvalue weighted by molar-refractivity contribution is 5.79. The van der Waals surface area contributed by atoms with Crippen molar-refractivity contribution in [3.63, 3.8) is 0 Å². The van der Waals surface area contributed by atoms with Crippen LogP contribution in [0.4, 0.5) is 5.69 Å². The van der Waals surface area contributed by atoms with E-state index in [0.29, 0.717) is 23.6 Å². The average molecular weight is 268 g/mol. The molecule has 1 N–H and O–H groups in total. The zero-order chi connectivity index (χ0) is 13.9. The van der Waals surface area contributed by atoms with Gasteiger partial charge in [-0.2, -0.15) is 0 Å². The SMILES string of the molecule is COc1ccc(-c2cn3cccnc3n2)cc1NC=O. The van der Waals surface area contributed by atoms with Crippen molar-refractivity contribution < 1.29 is 9.53 Å². The molecule has 0 radical (unpaired) electrons. The van der Waals surface area contributed by atoms with Gasteiger partial charge in [-0.15, -0.1) is 0 Å². The van der Waals surface area contributed by atoms with Crippen LogP contribution >= 0.6 is 0 Å². The number of rotatable bonds is 4. The molecule has 100 valence electrons. The number of imidazole rings is 1. The number of methoxy groups -OCH3 is 1. The largest absolute Gasteiger partial charge is 0.495 e. The molecule has 0 saturated heterocycles. The smallest absolute Gasteiger partial charge is 0.234 e. The van der Waals surface area contributed by atoms with Crippen LogP contribution in [-0.2, 0) is 4.79 Å². The summed E-state index contributed by atoms with van der Waals surface area (Å²) in [5.41, 5.74) is 2.26. The first-order valence-electron chi connectivity index (χ1n) is 6.00. The Kier molecular flexibility index (Phi) is 3.04. The molecule has 2 aromatic heterocycles. The van der Waals surface area contributed by atoms with Crippen molar-refractivity contribution in [2.45, 2.75) is 0 Å². The van der Waals surface area contributed by atoms with Crippen LogP contribution in [0.3, 0.4) is 0 Å². The van der Waals surface area contributed by atoms with E-state index in [0.717, 1.165) is 11.3 Å². The number of amides is 1. The fourth-order valence-corrected chi connectivity index (χ4v) is 2.01. The number of benzene rings is 1. The van der Waals surface area contributed by atoms with Crippen molar-refractivity contribution in [3.05, 3.63) is 42.9 Å². The summed E-state index contributed by atoms with van der Waals surface area (Å²) in [6.07, 6.45) is 6.08. The van der Waals surface area contributed by atoms with Crippen LogP contribution in [0.2, 0.25) is 0 Å². The van der Waals surface area contributed by atoms with E-state index in [1.807, 2.05) is 35.0 Å². The highest BCUT2D eigenvalue weighted by Gasteiger charge is 2.08. The number of aromatic nitrogens is 3. The highest BCUT2D eigenvalue weighted by atomic mass is 16.5. The lowest BCUT2D eigenvalue weighted by Crippen LogP contribution is -1.97. The maximum Gasteiger partial charge on any atom is 0.234 e. The Hall–Kier alpha value is -2.89. The molecule has 0 bridgehead atoms. The Morgan fingerprint density at radius 1 is 1.40 bits per heavy atom. The summed E-state index contributed by atoms with van der Waals surface area (Å²) in [4.78, 5) is 19.2. The zero-order valence-electron chi connectivity index (χ0n) is 10.8. The van der Waals surface area contributed by atoms with Crippen LogP contribution in [0.5, 0.6) is 5.75 Å². The third-order valence-corrected chi connectivity index (χ3v) is 2.95. The topological polar surface area (TPSA) is 68.5 Å². The lowest BCUT2D eigenvalue weighted by atomic mass is 10.1. The molecule has 0 aliphatic heterocycles. The molecule has 1 aromatic carbocycles. The second-order valence-corrected chi connectivity index (χ2v) is 4.13. The quantitative estimate of drug-likeness (QED) is 0.734. The molecule has 0 fully saturated rings. The molecule has 20 heavy (non-hydrogen) atoms. The maximum atomic E-state index is 10.6. The summed E-state index contributed by atoms with van der Waals surface area (Å²) in [7, 11) is 1.56. The van der Waals surface area contributed by atoms with Gasteiger partial charge in [0.1, 0.15) is 5.75 Å². The summed E-state index contributed by atoms with van der Waals surface area (Å²) >= 11 is 0. The Bertz CT molecular complexity index is 734. The molecule has 6 heteroatoms. The van der Waals surface area contributed by atoms with E-state index in [4.69, 9.17) is 4.74 Å². The minimum atomic E-state index is 0.600. The van der Waals surface area contributed by atoms with E-state index in [9.17, 15) is 4.79 Å². The summed E-state index contributed by atoms with van der Waals surface area (Å²) in [6, 6.07) is 7.33. The minimum Gasteiger partial charge on any atom is -0.495 e. The molecular weight excluding hydrogens is 256 g/mol. The fraction of sp³-hybridized carbons (Fsp3) is 0.0714. The van der Waals surface area contributed by atoms with Gasteiger partial charge in [0.2, 0.25) is 12.2 Å². The molecule has 6 nitrogen and oxygen atoms in total. The predicted molar refractivity (Wildman–Crippen MR) is 74.7 cm³/mol. The molecule has 0 atom stereocenters. The third-order valence-electron chi connectivity index (χ3n) is 2.95. The van der Waals surface area contributed by atoms with Crippen molar-refractivity contribution in [2.24, 2.45) is 0 Å². The van der Waals surface area contributed by atoms with E-state index < -0.39 is 0 Å². The first kappa shape index (κ1) is 12.2. The number of ether oxygens (including phenoxy) is 1. The normalized spacial score (nSPS) is 10.4. The first-order valence-corrected chi connectivity index (χ1v) is 6.00. The zero-order valence-corrected chi connectivity index (χ0v) is 10.8. The number of anilines is 1. The molecule has 3 rings (SSSR count). The van der Waals surface area contributed by atoms with E-state index in [1.165, 1.54) is 0 Å².